The zero-order chi connectivity index (χ0) is 19.2. The van der Waals surface area contributed by atoms with Crippen molar-refractivity contribution in [3.8, 4) is 11.6 Å². The molecule has 3 heterocycles. The Morgan fingerprint density at radius 1 is 1.37 bits per heavy atom. The lowest BCUT2D eigenvalue weighted by Crippen LogP contribution is -2.25. The van der Waals surface area contributed by atoms with E-state index in [1.807, 2.05) is 6.08 Å². The van der Waals surface area contributed by atoms with Crippen LogP contribution in [-0.4, -0.2) is 42.0 Å². The molecule has 2 aromatic heterocycles. The number of aliphatic hydroxyl groups excluding tert-OH is 1. The first-order valence-electron chi connectivity index (χ1n) is 9.49. The number of rotatable bonds is 10. The van der Waals surface area contributed by atoms with Crippen molar-refractivity contribution in [3.63, 3.8) is 0 Å². The summed E-state index contributed by atoms with van der Waals surface area (Å²) in [4.78, 5) is 2.26. The average Bonchev–Trinajstić information content (AvgIpc) is 3.43. The molecule has 1 fully saturated rings. The lowest BCUT2D eigenvalue weighted by molar-refractivity contribution is 0.170. The van der Waals surface area contributed by atoms with Crippen molar-refractivity contribution in [3.05, 3.63) is 42.1 Å². The molecule has 2 atom stereocenters. The SMILES string of the molecule is C=C[C@@H](c1onc(OCCCC)c1C(O)c1occc1OC)N1CCCC1. The normalized spacial score (nSPS) is 17.0. The molecular weight excluding hydrogens is 348 g/mol. The van der Waals surface area contributed by atoms with Crippen LogP contribution in [0.3, 0.4) is 0 Å². The fraction of sp³-hybridized carbons (Fsp3) is 0.550. The minimum Gasteiger partial charge on any atom is -0.493 e. The summed E-state index contributed by atoms with van der Waals surface area (Å²) in [6, 6.07) is 1.48. The molecule has 1 saturated heterocycles. The predicted octanol–water partition coefficient (Wildman–Crippen LogP) is 3.86. The van der Waals surface area contributed by atoms with Crippen LogP contribution in [0.1, 0.15) is 61.8 Å². The number of aliphatic hydroxyl groups is 1. The number of furan rings is 1. The van der Waals surface area contributed by atoms with Crippen molar-refractivity contribution in [1.29, 1.82) is 0 Å². The molecule has 0 aliphatic carbocycles. The van der Waals surface area contributed by atoms with E-state index in [2.05, 4.69) is 23.6 Å². The van der Waals surface area contributed by atoms with Crippen LogP contribution in [0.15, 0.2) is 33.9 Å². The molecule has 0 spiro atoms. The molecule has 7 nitrogen and oxygen atoms in total. The van der Waals surface area contributed by atoms with E-state index in [4.69, 9.17) is 18.4 Å². The fourth-order valence-electron chi connectivity index (χ4n) is 3.43. The van der Waals surface area contributed by atoms with Gasteiger partial charge in [-0.3, -0.25) is 4.90 Å². The Morgan fingerprint density at radius 3 is 2.81 bits per heavy atom. The van der Waals surface area contributed by atoms with Gasteiger partial charge < -0.3 is 23.5 Å². The molecule has 0 radical (unpaired) electrons. The molecule has 1 aliphatic rings. The van der Waals surface area contributed by atoms with Crippen LogP contribution in [0, 0.1) is 0 Å². The number of nitrogens with zero attached hydrogens (tertiary/aromatic N) is 2. The van der Waals surface area contributed by atoms with Gasteiger partial charge >= 0.3 is 0 Å². The van der Waals surface area contributed by atoms with Gasteiger partial charge in [0.1, 0.15) is 6.10 Å². The van der Waals surface area contributed by atoms with E-state index >= 15 is 0 Å². The van der Waals surface area contributed by atoms with Crippen molar-refractivity contribution in [2.45, 2.75) is 44.8 Å². The van der Waals surface area contributed by atoms with E-state index in [0.29, 0.717) is 29.4 Å². The van der Waals surface area contributed by atoms with Gasteiger partial charge in [0.05, 0.1) is 31.6 Å². The maximum Gasteiger partial charge on any atom is 0.260 e. The highest BCUT2D eigenvalue weighted by molar-refractivity contribution is 5.41. The molecule has 0 bridgehead atoms. The monoisotopic (exact) mass is 376 g/mol. The van der Waals surface area contributed by atoms with Crippen molar-refractivity contribution >= 4 is 0 Å². The molecule has 27 heavy (non-hydrogen) atoms. The van der Waals surface area contributed by atoms with Crippen molar-refractivity contribution in [1.82, 2.24) is 10.1 Å². The lowest BCUT2D eigenvalue weighted by atomic mass is 10.0. The van der Waals surface area contributed by atoms with Crippen LogP contribution in [0.5, 0.6) is 11.6 Å². The molecular formula is C20H28N2O5. The third kappa shape index (κ3) is 4.04. The van der Waals surface area contributed by atoms with Gasteiger partial charge in [0, 0.05) is 6.07 Å². The van der Waals surface area contributed by atoms with Gasteiger partial charge in [-0.2, -0.15) is 0 Å². The molecule has 7 heteroatoms. The zero-order valence-electron chi connectivity index (χ0n) is 16.0. The summed E-state index contributed by atoms with van der Waals surface area (Å²) >= 11 is 0. The van der Waals surface area contributed by atoms with E-state index < -0.39 is 6.10 Å². The van der Waals surface area contributed by atoms with Crippen LogP contribution in [-0.2, 0) is 0 Å². The van der Waals surface area contributed by atoms with E-state index in [9.17, 15) is 5.11 Å². The van der Waals surface area contributed by atoms with Crippen LogP contribution < -0.4 is 9.47 Å². The largest absolute Gasteiger partial charge is 0.493 e. The van der Waals surface area contributed by atoms with E-state index in [0.717, 1.165) is 38.8 Å². The number of methoxy groups -OCH3 is 1. The minimum atomic E-state index is -1.11. The maximum atomic E-state index is 11.1. The summed E-state index contributed by atoms with van der Waals surface area (Å²) in [6.07, 6.45) is 6.32. The average molecular weight is 376 g/mol. The van der Waals surface area contributed by atoms with Crippen LogP contribution in [0.2, 0.25) is 0 Å². The van der Waals surface area contributed by atoms with Crippen LogP contribution in [0.4, 0.5) is 0 Å². The second-order valence-electron chi connectivity index (χ2n) is 6.65. The summed E-state index contributed by atoms with van der Waals surface area (Å²) in [5.41, 5.74) is 0.469. The highest BCUT2D eigenvalue weighted by Gasteiger charge is 2.35. The summed E-state index contributed by atoms with van der Waals surface area (Å²) in [5.74, 6) is 1.58. The summed E-state index contributed by atoms with van der Waals surface area (Å²) in [7, 11) is 1.53. The van der Waals surface area contributed by atoms with Crippen molar-refractivity contribution in [2.24, 2.45) is 0 Å². The topological polar surface area (TPSA) is 81.1 Å². The Kier molecular flexibility index (Phi) is 6.58. The number of unbranched alkanes of at least 4 members (excludes halogenated alkanes) is 1. The van der Waals surface area contributed by atoms with Gasteiger partial charge in [0.15, 0.2) is 17.3 Å². The fourth-order valence-corrected chi connectivity index (χ4v) is 3.43. The Bertz CT molecular complexity index is 733. The third-order valence-corrected chi connectivity index (χ3v) is 4.88. The van der Waals surface area contributed by atoms with Crippen molar-refractivity contribution < 1.29 is 23.5 Å². The van der Waals surface area contributed by atoms with Crippen LogP contribution in [0.25, 0.3) is 0 Å². The molecule has 0 saturated carbocycles. The molecule has 0 aromatic carbocycles. The van der Waals surface area contributed by atoms with Gasteiger partial charge in [-0.25, -0.2) is 0 Å². The second-order valence-corrected chi connectivity index (χ2v) is 6.65. The Balaban J connectivity index is 1.98. The smallest absolute Gasteiger partial charge is 0.260 e. The number of hydrogen-bond donors (Lipinski definition) is 1. The van der Waals surface area contributed by atoms with Gasteiger partial charge in [-0.1, -0.05) is 19.4 Å². The maximum absolute atomic E-state index is 11.1. The second kappa shape index (κ2) is 9.10. The van der Waals surface area contributed by atoms with Crippen LogP contribution >= 0.6 is 0 Å². The Hall–Kier alpha value is -2.25. The predicted molar refractivity (Wildman–Crippen MR) is 100.0 cm³/mol. The van der Waals surface area contributed by atoms with Gasteiger partial charge in [-0.05, 0) is 37.5 Å². The first-order valence-corrected chi connectivity index (χ1v) is 9.49. The first kappa shape index (κ1) is 19.5. The lowest BCUT2D eigenvalue weighted by Gasteiger charge is -2.23. The molecule has 1 aliphatic heterocycles. The van der Waals surface area contributed by atoms with Gasteiger partial charge in [0.25, 0.3) is 5.88 Å². The highest BCUT2D eigenvalue weighted by atomic mass is 16.5. The number of ether oxygens (including phenoxy) is 2. The zero-order valence-corrected chi connectivity index (χ0v) is 16.0. The Morgan fingerprint density at radius 2 is 2.15 bits per heavy atom. The minimum absolute atomic E-state index is 0.186. The number of aromatic nitrogens is 1. The quantitative estimate of drug-likeness (QED) is 0.498. The number of likely N-dealkylation sites (tertiary alicyclic amines) is 1. The highest BCUT2D eigenvalue weighted by Crippen LogP contribution is 2.41. The molecule has 148 valence electrons. The summed E-state index contributed by atoms with van der Waals surface area (Å²) in [6.45, 7) is 8.44. The number of hydrogen-bond acceptors (Lipinski definition) is 7. The molecule has 2 aromatic rings. The molecule has 1 unspecified atom stereocenters. The van der Waals surface area contributed by atoms with Crippen molar-refractivity contribution in [2.75, 3.05) is 26.8 Å². The molecule has 1 N–H and O–H groups in total. The van der Waals surface area contributed by atoms with E-state index in [-0.39, 0.29) is 11.9 Å². The summed E-state index contributed by atoms with van der Waals surface area (Å²) < 4.78 is 22.2. The first-order chi connectivity index (χ1) is 13.2. The molecule has 0 amide bonds. The summed E-state index contributed by atoms with van der Waals surface area (Å²) in [5, 5.41) is 15.2. The molecule has 3 rings (SSSR count). The van der Waals surface area contributed by atoms with Gasteiger partial charge in [-0.15, -0.1) is 6.58 Å². The third-order valence-electron chi connectivity index (χ3n) is 4.88. The Labute approximate surface area is 159 Å². The standard InChI is InChI=1S/C20H28N2O5/c1-4-6-12-26-20-16(17(23)19-15(24-3)9-13-25-19)18(27-21-20)14(5-2)22-10-7-8-11-22/h5,9,13-14,17,23H,2,4,6-8,10-12H2,1,3H3/t14-,17?/m0/s1. The van der Waals surface area contributed by atoms with Gasteiger partial charge in [0.2, 0.25) is 0 Å². The van der Waals surface area contributed by atoms with E-state index in [1.54, 1.807) is 6.07 Å². The van der Waals surface area contributed by atoms with E-state index in [1.165, 1.54) is 13.4 Å².